The lowest BCUT2D eigenvalue weighted by Crippen LogP contribution is -2.53. The number of carboxylic acid groups (broad SMARTS) is 1. The van der Waals surface area contributed by atoms with Gasteiger partial charge in [0.1, 0.15) is 11.4 Å². The van der Waals surface area contributed by atoms with E-state index in [-0.39, 0.29) is 11.9 Å². The van der Waals surface area contributed by atoms with Gasteiger partial charge in [-0.1, -0.05) is 12.1 Å². The highest BCUT2D eigenvalue weighted by Crippen LogP contribution is 2.42. The number of nitrogens with zero attached hydrogens (tertiary/aromatic N) is 6. The van der Waals surface area contributed by atoms with Crippen molar-refractivity contribution in [2.45, 2.75) is 49.9 Å². The number of nitrogens with two attached hydrogens (primary N) is 1. The van der Waals surface area contributed by atoms with E-state index < -0.39 is 17.6 Å². The zero-order chi connectivity index (χ0) is 29.3. The van der Waals surface area contributed by atoms with Crippen LogP contribution in [0.5, 0.6) is 0 Å². The van der Waals surface area contributed by atoms with Crippen LogP contribution in [0.3, 0.4) is 0 Å². The molecule has 0 bridgehead atoms. The fourth-order valence-corrected chi connectivity index (χ4v) is 6.20. The Labute approximate surface area is 244 Å². The van der Waals surface area contributed by atoms with Gasteiger partial charge in [0.25, 0.3) is 0 Å². The van der Waals surface area contributed by atoms with Gasteiger partial charge in [-0.25, -0.2) is 19.3 Å². The molecule has 0 radical (unpaired) electrons. The summed E-state index contributed by atoms with van der Waals surface area (Å²) in [7, 11) is 0. The molecular weight excluding hydrogens is 539 g/mol. The fourth-order valence-electron chi connectivity index (χ4n) is 6.20. The second kappa shape index (κ2) is 11.9. The van der Waals surface area contributed by atoms with Crippen LogP contribution in [-0.2, 0) is 11.3 Å². The monoisotopic (exact) mass is 576 g/mol. The van der Waals surface area contributed by atoms with Gasteiger partial charge in [0.2, 0.25) is 5.95 Å². The fraction of sp³-hybridized carbons (Fsp3) is 0.467. The zero-order valence-corrected chi connectivity index (χ0v) is 23.5. The Morgan fingerprint density at radius 3 is 2.55 bits per heavy atom. The first-order chi connectivity index (χ1) is 20.4. The number of carboxylic acids is 1. The summed E-state index contributed by atoms with van der Waals surface area (Å²) in [6, 6.07) is 9.10. The number of hydrogen-bond donors (Lipinski definition) is 4. The van der Waals surface area contributed by atoms with Gasteiger partial charge < -0.3 is 26.2 Å². The SMILES string of the molecule is NCCC1CC(O)CN1c1ncc(-c2ccnc(Nc3cccc(CN4CCN(C5(C(=O)O)CC5)CC4)c3F)c2)cn1. The van der Waals surface area contributed by atoms with E-state index >= 15 is 4.39 Å². The van der Waals surface area contributed by atoms with Crippen LogP contribution in [0.15, 0.2) is 48.9 Å². The Bertz CT molecular complexity index is 1410. The van der Waals surface area contributed by atoms with Crippen LogP contribution in [0.1, 0.15) is 31.2 Å². The molecule has 5 N–H and O–H groups in total. The lowest BCUT2D eigenvalue weighted by molar-refractivity contribution is -0.146. The van der Waals surface area contributed by atoms with Crippen LogP contribution >= 0.6 is 0 Å². The van der Waals surface area contributed by atoms with Gasteiger partial charge in [0.15, 0.2) is 5.82 Å². The quantitative estimate of drug-likeness (QED) is 0.283. The average Bonchev–Trinajstić information content (AvgIpc) is 3.73. The van der Waals surface area contributed by atoms with Crippen molar-refractivity contribution in [2.24, 2.45) is 5.73 Å². The summed E-state index contributed by atoms with van der Waals surface area (Å²) in [6.07, 6.45) is 7.57. The number of carbonyl (C=O) groups is 1. The van der Waals surface area contributed by atoms with Crippen molar-refractivity contribution in [1.82, 2.24) is 24.8 Å². The average molecular weight is 577 g/mol. The van der Waals surface area contributed by atoms with E-state index in [1.807, 2.05) is 23.1 Å². The smallest absolute Gasteiger partial charge is 0.324 e. The first-order valence-electron chi connectivity index (χ1n) is 14.5. The van der Waals surface area contributed by atoms with Crippen molar-refractivity contribution in [2.75, 3.05) is 49.5 Å². The van der Waals surface area contributed by atoms with E-state index in [2.05, 4.69) is 30.1 Å². The summed E-state index contributed by atoms with van der Waals surface area (Å²) in [5, 5.41) is 22.8. The topological polar surface area (TPSA) is 144 Å². The minimum absolute atomic E-state index is 0.120. The van der Waals surface area contributed by atoms with Crippen molar-refractivity contribution >= 4 is 23.4 Å². The second-order valence-electron chi connectivity index (χ2n) is 11.5. The predicted octanol–water partition coefficient (Wildman–Crippen LogP) is 2.44. The van der Waals surface area contributed by atoms with Crippen LogP contribution in [0.4, 0.5) is 21.8 Å². The molecule has 1 aliphatic carbocycles. The third-order valence-electron chi connectivity index (χ3n) is 8.72. The summed E-state index contributed by atoms with van der Waals surface area (Å²) < 4.78 is 15.6. The third-order valence-corrected chi connectivity index (χ3v) is 8.72. The number of pyridine rings is 1. The van der Waals surface area contributed by atoms with Gasteiger partial charge in [-0.2, -0.15) is 0 Å². The lowest BCUT2D eigenvalue weighted by Gasteiger charge is -2.38. The number of rotatable bonds is 10. The molecule has 1 saturated carbocycles. The summed E-state index contributed by atoms with van der Waals surface area (Å²) in [4.78, 5) is 31.4. The van der Waals surface area contributed by atoms with E-state index in [1.165, 1.54) is 0 Å². The molecule has 3 aliphatic rings. The first-order valence-corrected chi connectivity index (χ1v) is 14.5. The van der Waals surface area contributed by atoms with Gasteiger partial charge in [0.05, 0.1) is 11.8 Å². The largest absolute Gasteiger partial charge is 0.480 e. The number of piperazine rings is 1. The van der Waals surface area contributed by atoms with Crippen LogP contribution in [-0.4, -0.2) is 97.9 Å². The molecule has 4 heterocycles. The molecule has 12 heteroatoms. The van der Waals surface area contributed by atoms with Crippen LogP contribution in [0.2, 0.25) is 0 Å². The van der Waals surface area contributed by atoms with E-state index in [0.29, 0.717) is 88.1 Å². The van der Waals surface area contributed by atoms with Crippen molar-refractivity contribution in [3.63, 3.8) is 0 Å². The summed E-state index contributed by atoms with van der Waals surface area (Å²) >= 11 is 0. The second-order valence-corrected chi connectivity index (χ2v) is 11.5. The van der Waals surface area contributed by atoms with Gasteiger partial charge >= 0.3 is 5.97 Å². The van der Waals surface area contributed by atoms with E-state index in [0.717, 1.165) is 17.5 Å². The number of β-amino-alcohol motifs (C(OH)–C–C–N with tert-alkyl or cyclic N) is 1. The Morgan fingerprint density at radius 1 is 1.10 bits per heavy atom. The molecule has 0 amide bonds. The molecule has 2 aliphatic heterocycles. The predicted molar refractivity (Wildman–Crippen MR) is 157 cm³/mol. The third kappa shape index (κ3) is 5.80. The van der Waals surface area contributed by atoms with Crippen molar-refractivity contribution in [1.29, 1.82) is 0 Å². The Kier molecular flexibility index (Phi) is 8.04. The van der Waals surface area contributed by atoms with Gasteiger partial charge in [-0.3, -0.25) is 14.6 Å². The molecule has 6 rings (SSSR count). The zero-order valence-electron chi connectivity index (χ0n) is 23.5. The van der Waals surface area contributed by atoms with E-state index in [4.69, 9.17) is 5.73 Å². The van der Waals surface area contributed by atoms with E-state index in [1.54, 1.807) is 30.7 Å². The molecule has 42 heavy (non-hydrogen) atoms. The highest BCUT2D eigenvalue weighted by atomic mass is 19.1. The Hall–Kier alpha value is -3.71. The molecule has 3 fully saturated rings. The van der Waals surface area contributed by atoms with Crippen LogP contribution in [0, 0.1) is 5.82 Å². The number of nitrogens with one attached hydrogen (secondary N) is 1. The maximum atomic E-state index is 15.6. The number of aliphatic carboxylic acids is 1. The molecule has 0 spiro atoms. The normalized spacial score (nSPS) is 22.3. The van der Waals surface area contributed by atoms with Gasteiger partial charge in [0, 0.05) is 75.0 Å². The van der Waals surface area contributed by atoms with Crippen LogP contribution in [0.25, 0.3) is 11.1 Å². The molecular formula is C30H37FN8O3. The molecule has 2 unspecified atom stereocenters. The highest BCUT2D eigenvalue weighted by molar-refractivity contribution is 5.82. The summed E-state index contributed by atoms with van der Waals surface area (Å²) in [5.74, 6) is -0.00294. The number of aromatic nitrogens is 3. The van der Waals surface area contributed by atoms with Crippen LogP contribution < -0.4 is 16.0 Å². The number of benzene rings is 1. The maximum absolute atomic E-state index is 15.6. The molecule has 3 aromatic rings. The summed E-state index contributed by atoms with van der Waals surface area (Å²) in [6.45, 7) is 4.20. The van der Waals surface area contributed by atoms with Crippen molar-refractivity contribution in [3.05, 3.63) is 60.3 Å². The minimum Gasteiger partial charge on any atom is -0.480 e. The molecule has 2 atom stereocenters. The number of aliphatic hydroxyl groups is 1. The van der Waals surface area contributed by atoms with Gasteiger partial charge in [-0.15, -0.1) is 0 Å². The lowest BCUT2D eigenvalue weighted by atomic mass is 10.1. The summed E-state index contributed by atoms with van der Waals surface area (Å²) in [5.41, 5.74) is 7.61. The van der Waals surface area contributed by atoms with E-state index in [9.17, 15) is 15.0 Å². The van der Waals surface area contributed by atoms with Crippen molar-refractivity contribution in [3.8, 4) is 11.1 Å². The number of anilines is 3. The minimum atomic E-state index is -0.734. The molecule has 1 aromatic carbocycles. The molecule has 2 aromatic heterocycles. The van der Waals surface area contributed by atoms with Crippen molar-refractivity contribution < 1.29 is 19.4 Å². The highest BCUT2D eigenvalue weighted by Gasteiger charge is 2.55. The Morgan fingerprint density at radius 2 is 1.86 bits per heavy atom. The molecule has 11 nitrogen and oxygen atoms in total. The number of hydrogen-bond acceptors (Lipinski definition) is 10. The van der Waals surface area contributed by atoms with Gasteiger partial charge in [-0.05, 0) is 56.0 Å². The molecule has 2 saturated heterocycles. The maximum Gasteiger partial charge on any atom is 0.324 e. The number of aliphatic hydroxyl groups excluding tert-OH is 1. The number of halogens is 1. The standard InChI is InChI=1S/C30H37FN8O3/c31-27-21(18-37-10-12-38(13-11-37)30(6-7-30)28(41)42)2-1-3-25(27)36-26-14-20(5-9-33-26)22-16-34-29(35-17-22)39-19-24(40)15-23(39)4-8-32/h1-3,5,9,14,16-17,23-24,40H,4,6-8,10-13,15,18-19,32H2,(H,33,36)(H,41,42). The Balaban J connectivity index is 1.10. The molecule has 222 valence electrons. The first kappa shape index (κ1) is 28.4.